The highest BCUT2D eigenvalue weighted by Gasteiger charge is 2.10. The van der Waals surface area contributed by atoms with E-state index in [1.54, 1.807) is 11.3 Å². The molecule has 2 N–H and O–H groups in total. The van der Waals surface area contributed by atoms with E-state index >= 15 is 0 Å². The van der Waals surface area contributed by atoms with Gasteiger partial charge in [-0.15, -0.1) is 11.3 Å². The van der Waals surface area contributed by atoms with Crippen LogP contribution in [-0.4, -0.2) is 14.5 Å². The van der Waals surface area contributed by atoms with Crippen LogP contribution in [0.3, 0.4) is 0 Å². The van der Waals surface area contributed by atoms with Gasteiger partial charge in [-0.25, -0.2) is 9.97 Å². The van der Waals surface area contributed by atoms with Gasteiger partial charge in [-0.3, -0.25) is 0 Å². The lowest BCUT2D eigenvalue weighted by Crippen LogP contribution is -2.04. The summed E-state index contributed by atoms with van der Waals surface area (Å²) < 4.78 is 3.00. The maximum Gasteiger partial charge on any atom is 0.201 e. The van der Waals surface area contributed by atoms with E-state index in [1.165, 1.54) is 0 Å². The molecule has 0 saturated carbocycles. The van der Waals surface area contributed by atoms with Gasteiger partial charge in [0.1, 0.15) is 5.01 Å². The van der Waals surface area contributed by atoms with Crippen LogP contribution in [0.15, 0.2) is 28.1 Å². The lowest BCUT2D eigenvalue weighted by molar-refractivity contribution is 0.826. The van der Waals surface area contributed by atoms with E-state index in [2.05, 4.69) is 25.9 Å². The third-order valence-electron chi connectivity index (χ3n) is 2.70. The number of thiazole rings is 1. The molecule has 3 rings (SSSR count). The highest BCUT2D eigenvalue weighted by Crippen LogP contribution is 2.23. The summed E-state index contributed by atoms with van der Waals surface area (Å²) in [4.78, 5) is 8.81. The third kappa shape index (κ3) is 2.02. The number of benzene rings is 1. The Hall–Kier alpha value is -1.40. The molecule has 3 aromatic rings. The number of nitrogens with zero attached hydrogens (tertiary/aromatic N) is 3. The Labute approximate surface area is 117 Å². The number of hydrogen-bond acceptors (Lipinski definition) is 4. The van der Waals surface area contributed by atoms with Crippen LogP contribution < -0.4 is 5.73 Å². The SMILES string of the molecule is Cc1csc(Cn2c(N)nc3ccc(Br)cc32)n1. The standard InChI is InChI=1S/C12H11BrN4S/c1-7-6-18-11(15-7)5-17-10-4-8(13)2-3-9(10)16-12(17)14/h2-4,6H,5H2,1H3,(H2,14,16). The molecule has 6 heteroatoms. The van der Waals surface area contributed by atoms with Gasteiger partial charge in [0.25, 0.3) is 0 Å². The molecule has 92 valence electrons. The number of halogens is 1. The summed E-state index contributed by atoms with van der Waals surface area (Å²) in [5, 5.41) is 3.08. The molecule has 0 aliphatic carbocycles. The van der Waals surface area contributed by atoms with Crippen LogP contribution in [0.25, 0.3) is 11.0 Å². The first-order valence-corrected chi connectivity index (χ1v) is 7.13. The molecule has 2 heterocycles. The lowest BCUT2D eigenvalue weighted by Gasteiger charge is -2.03. The van der Waals surface area contributed by atoms with Gasteiger partial charge in [0.15, 0.2) is 0 Å². The van der Waals surface area contributed by atoms with Crippen LogP contribution >= 0.6 is 27.3 Å². The molecule has 0 bridgehead atoms. The zero-order chi connectivity index (χ0) is 12.7. The fraction of sp³-hybridized carbons (Fsp3) is 0.167. The summed E-state index contributed by atoms with van der Waals surface area (Å²) in [5.74, 6) is 0.524. The number of nitrogens with two attached hydrogens (primary N) is 1. The van der Waals surface area contributed by atoms with Crippen molar-refractivity contribution in [3.05, 3.63) is 38.8 Å². The van der Waals surface area contributed by atoms with E-state index in [0.29, 0.717) is 12.5 Å². The van der Waals surface area contributed by atoms with Gasteiger partial charge < -0.3 is 10.3 Å². The Morgan fingerprint density at radius 3 is 2.94 bits per heavy atom. The molecule has 0 atom stereocenters. The highest BCUT2D eigenvalue weighted by molar-refractivity contribution is 9.10. The van der Waals surface area contributed by atoms with Crippen LogP contribution in [0.2, 0.25) is 0 Å². The van der Waals surface area contributed by atoms with Gasteiger partial charge in [0.2, 0.25) is 5.95 Å². The fourth-order valence-electron chi connectivity index (χ4n) is 1.89. The number of imidazole rings is 1. The lowest BCUT2D eigenvalue weighted by atomic mass is 10.3. The number of aromatic nitrogens is 3. The quantitative estimate of drug-likeness (QED) is 0.788. The van der Waals surface area contributed by atoms with Crippen molar-refractivity contribution in [1.82, 2.24) is 14.5 Å². The first-order valence-electron chi connectivity index (χ1n) is 5.46. The van der Waals surface area contributed by atoms with E-state index < -0.39 is 0 Å². The first kappa shape index (κ1) is 11.7. The smallest absolute Gasteiger partial charge is 0.201 e. The number of anilines is 1. The second-order valence-electron chi connectivity index (χ2n) is 4.07. The molecular formula is C12H11BrN4S. The molecule has 0 saturated heterocycles. The van der Waals surface area contributed by atoms with Gasteiger partial charge in [-0.05, 0) is 25.1 Å². The predicted molar refractivity (Wildman–Crippen MR) is 77.8 cm³/mol. The van der Waals surface area contributed by atoms with Crippen LogP contribution in [0.5, 0.6) is 0 Å². The van der Waals surface area contributed by atoms with Crippen LogP contribution in [0, 0.1) is 6.92 Å². The van der Waals surface area contributed by atoms with E-state index in [9.17, 15) is 0 Å². The van der Waals surface area contributed by atoms with Crippen molar-refractivity contribution in [3.8, 4) is 0 Å². The molecule has 0 radical (unpaired) electrons. The van der Waals surface area contributed by atoms with Gasteiger partial charge in [0, 0.05) is 15.5 Å². The van der Waals surface area contributed by atoms with E-state index in [1.807, 2.05) is 35.1 Å². The minimum absolute atomic E-state index is 0.524. The predicted octanol–water partition coefficient (Wildman–Crippen LogP) is 3.19. The van der Waals surface area contributed by atoms with Crippen molar-refractivity contribution in [2.24, 2.45) is 0 Å². The molecule has 4 nitrogen and oxygen atoms in total. The zero-order valence-corrected chi connectivity index (χ0v) is 12.1. The van der Waals surface area contributed by atoms with Crippen molar-refractivity contribution in [3.63, 3.8) is 0 Å². The van der Waals surface area contributed by atoms with Crippen LogP contribution in [-0.2, 0) is 6.54 Å². The number of hydrogen-bond donors (Lipinski definition) is 1. The van der Waals surface area contributed by atoms with Gasteiger partial charge in [-0.1, -0.05) is 15.9 Å². The van der Waals surface area contributed by atoms with Crippen molar-refractivity contribution >= 4 is 44.2 Å². The van der Waals surface area contributed by atoms with E-state index in [-0.39, 0.29) is 0 Å². The third-order valence-corrected chi connectivity index (χ3v) is 4.14. The average molecular weight is 323 g/mol. The van der Waals surface area contributed by atoms with Crippen molar-refractivity contribution < 1.29 is 0 Å². The zero-order valence-electron chi connectivity index (χ0n) is 9.72. The van der Waals surface area contributed by atoms with E-state index in [4.69, 9.17) is 5.73 Å². The highest BCUT2D eigenvalue weighted by atomic mass is 79.9. The number of nitrogen functional groups attached to an aromatic ring is 1. The number of fused-ring (bicyclic) bond motifs is 1. The Balaban J connectivity index is 2.10. The molecule has 0 aliphatic heterocycles. The Kier molecular flexibility index (Phi) is 2.83. The number of rotatable bonds is 2. The minimum atomic E-state index is 0.524. The molecule has 2 aromatic heterocycles. The maximum atomic E-state index is 5.97. The van der Waals surface area contributed by atoms with Gasteiger partial charge >= 0.3 is 0 Å². The minimum Gasteiger partial charge on any atom is -0.369 e. The summed E-state index contributed by atoms with van der Waals surface area (Å²) in [6.07, 6.45) is 0. The topological polar surface area (TPSA) is 56.7 Å². The van der Waals surface area contributed by atoms with Gasteiger partial charge in [-0.2, -0.15) is 0 Å². The normalized spacial score (nSPS) is 11.2. The summed E-state index contributed by atoms with van der Waals surface area (Å²) in [5.41, 5.74) is 8.94. The average Bonchev–Trinajstić information content (AvgIpc) is 2.86. The molecule has 0 unspecified atom stereocenters. The summed E-state index contributed by atoms with van der Waals surface area (Å²) in [6, 6.07) is 5.95. The first-order chi connectivity index (χ1) is 8.63. The maximum absolute atomic E-state index is 5.97. The Morgan fingerprint density at radius 1 is 1.39 bits per heavy atom. The largest absolute Gasteiger partial charge is 0.369 e. The summed E-state index contributed by atoms with van der Waals surface area (Å²) in [7, 11) is 0. The van der Waals surface area contributed by atoms with Crippen LogP contribution in [0.4, 0.5) is 5.95 Å². The number of aryl methyl sites for hydroxylation is 1. The monoisotopic (exact) mass is 322 g/mol. The molecule has 1 aromatic carbocycles. The second-order valence-corrected chi connectivity index (χ2v) is 5.93. The van der Waals surface area contributed by atoms with Crippen molar-refractivity contribution in [2.75, 3.05) is 5.73 Å². The molecule has 0 aliphatic rings. The molecular weight excluding hydrogens is 312 g/mol. The Bertz CT molecular complexity index is 716. The molecule has 0 fully saturated rings. The fourth-order valence-corrected chi connectivity index (χ4v) is 3.00. The van der Waals surface area contributed by atoms with Gasteiger partial charge in [0.05, 0.1) is 17.6 Å². The van der Waals surface area contributed by atoms with Crippen LogP contribution in [0.1, 0.15) is 10.7 Å². The van der Waals surface area contributed by atoms with E-state index in [0.717, 1.165) is 26.2 Å². The second kappa shape index (κ2) is 4.37. The molecule has 0 spiro atoms. The Morgan fingerprint density at radius 2 is 2.22 bits per heavy atom. The molecule has 0 amide bonds. The summed E-state index contributed by atoms with van der Waals surface area (Å²) in [6.45, 7) is 2.66. The van der Waals surface area contributed by atoms with Crippen molar-refractivity contribution in [1.29, 1.82) is 0 Å². The summed E-state index contributed by atoms with van der Waals surface area (Å²) >= 11 is 5.11. The van der Waals surface area contributed by atoms with Crippen molar-refractivity contribution in [2.45, 2.75) is 13.5 Å². The molecule has 18 heavy (non-hydrogen) atoms.